The van der Waals surface area contributed by atoms with Crippen LogP contribution in [0.4, 0.5) is 0 Å². The molecule has 0 unspecified atom stereocenters. The molecule has 0 saturated carbocycles. The number of hydrogen-bond donors (Lipinski definition) is 0. The number of rotatable bonds is 1. The molecule has 3 rings (SSSR count). The van der Waals surface area contributed by atoms with Crippen LogP contribution < -0.4 is 0 Å². The van der Waals surface area contributed by atoms with Crippen LogP contribution in [0.15, 0.2) is 48.6 Å². The van der Waals surface area contributed by atoms with Gasteiger partial charge in [0, 0.05) is 5.39 Å². The van der Waals surface area contributed by atoms with Gasteiger partial charge in [-0.05, 0) is 49.5 Å². The van der Waals surface area contributed by atoms with E-state index in [4.69, 9.17) is 4.98 Å². The van der Waals surface area contributed by atoms with Crippen molar-refractivity contribution in [3.63, 3.8) is 0 Å². The highest BCUT2D eigenvalue weighted by Gasteiger charge is 2.07. The van der Waals surface area contributed by atoms with Crippen LogP contribution in [0.2, 0.25) is 0 Å². The van der Waals surface area contributed by atoms with E-state index in [2.05, 4.69) is 49.4 Å². The molecule has 1 aliphatic rings. The highest BCUT2D eigenvalue weighted by atomic mass is 14.7. The molecule has 2 aromatic rings. The van der Waals surface area contributed by atoms with Gasteiger partial charge < -0.3 is 0 Å². The number of aryl methyl sites for hydroxylation is 1. The lowest BCUT2D eigenvalue weighted by Crippen LogP contribution is -1.93. The maximum atomic E-state index is 4.82. The van der Waals surface area contributed by atoms with E-state index in [1.54, 1.807) is 0 Å². The van der Waals surface area contributed by atoms with Crippen molar-refractivity contribution in [1.82, 2.24) is 4.98 Å². The zero-order valence-corrected chi connectivity index (χ0v) is 10.7. The first-order chi connectivity index (χ1) is 8.84. The third kappa shape index (κ3) is 2.08. The highest BCUT2D eigenvalue weighted by molar-refractivity contribution is 5.84. The van der Waals surface area contributed by atoms with E-state index in [0.717, 1.165) is 17.6 Å². The minimum absolute atomic E-state index is 1.08. The molecule has 1 aromatic carbocycles. The van der Waals surface area contributed by atoms with Gasteiger partial charge in [-0.15, -0.1) is 0 Å². The van der Waals surface area contributed by atoms with Crippen molar-refractivity contribution in [1.29, 1.82) is 0 Å². The van der Waals surface area contributed by atoms with E-state index in [-0.39, 0.29) is 0 Å². The number of aromatic nitrogens is 1. The van der Waals surface area contributed by atoms with E-state index in [1.165, 1.54) is 29.4 Å². The number of nitrogens with zero attached hydrogens (tertiary/aromatic N) is 1. The fourth-order valence-corrected chi connectivity index (χ4v) is 2.46. The lowest BCUT2D eigenvalue weighted by Gasteiger charge is -2.08. The summed E-state index contributed by atoms with van der Waals surface area (Å²) < 4.78 is 0. The summed E-state index contributed by atoms with van der Waals surface area (Å²) in [4.78, 5) is 4.82. The van der Waals surface area contributed by atoms with Gasteiger partial charge in [-0.1, -0.05) is 36.4 Å². The average molecular weight is 235 g/mol. The first kappa shape index (κ1) is 11.2. The lowest BCUT2D eigenvalue weighted by atomic mass is 10.0. The fourth-order valence-electron chi connectivity index (χ4n) is 2.46. The van der Waals surface area contributed by atoms with E-state index < -0.39 is 0 Å². The zero-order valence-electron chi connectivity index (χ0n) is 10.7. The number of hydrogen-bond acceptors (Lipinski definition) is 1. The minimum atomic E-state index is 1.08. The zero-order chi connectivity index (χ0) is 12.4. The summed E-state index contributed by atoms with van der Waals surface area (Å²) >= 11 is 0. The first-order valence-electron chi connectivity index (χ1n) is 6.58. The Hall–Kier alpha value is -1.89. The molecular formula is C17H17N. The van der Waals surface area contributed by atoms with Crippen molar-refractivity contribution in [3.05, 3.63) is 59.8 Å². The second kappa shape index (κ2) is 4.77. The number of allylic oxidation sites excluding steroid dienone is 4. The normalized spacial score (nSPS) is 15.5. The molecule has 18 heavy (non-hydrogen) atoms. The molecular weight excluding hydrogens is 218 g/mol. The van der Waals surface area contributed by atoms with Crippen molar-refractivity contribution in [3.8, 4) is 0 Å². The quantitative estimate of drug-likeness (QED) is 0.700. The number of para-hydroxylation sites is 1. The van der Waals surface area contributed by atoms with Gasteiger partial charge in [0.05, 0.1) is 11.2 Å². The summed E-state index contributed by atoms with van der Waals surface area (Å²) in [6.07, 6.45) is 10.4. The second-order valence-corrected chi connectivity index (χ2v) is 4.84. The van der Waals surface area contributed by atoms with E-state index in [9.17, 15) is 0 Å². The molecule has 1 heteroatoms. The van der Waals surface area contributed by atoms with E-state index in [0.29, 0.717) is 0 Å². The molecule has 0 bridgehead atoms. The maximum Gasteiger partial charge on any atom is 0.0735 e. The van der Waals surface area contributed by atoms with Crippen LogP contribution >= 0.6 is 0 Å². The summed E-state index contributed by atoms with van der Waals surface area (Å²) in [6, 6.07) is 10.5. The van der Waals surface area contributed by atoms with Crippen LogP contribution in [0.3, 0.4) is 0 Å². The van der Waals surface area contributed by atoms with Gasteiger partial charge in [-0.2, -0.15) is 0 Å². The molecule has 0 radical (unpaired) electrons. The summed E-state index contributed by atoms with van der Waals surface area (Å²) in [7, 11) is 0. The third-order valence-corrected chi connectivity index (χ3v) is 3.42. The first-order valence-corrected chi connectivity index (χ1v) is 6.58. The van der Waals surface area contributed by atoms with Crippen molar-refractivity contribution in [2.24, 2.45) is 0 Å². The van der Waals surface area contributed by atoms with Crippen LogP contribution in [0.1, 0.15) is 30.5 Å². The Labute approximate surface area is 108 Å². The standard InChI is InChI=1S/C17H17N/c1-13-12-15-10-6-7-11-16(15)18-17(13)14-8-4-2-3-5-9-14/h4,6-12H,2-3,5H2,1H3. The van der Waals surface area contributed by atoms with E-state index in [1.807, 2.05) is 6.07 Å². The molecule has 90 valence electrons. The van der Waals surface area contributed by atoms with Gasteiger partial charge in [0.25, 0.3) is 0 Å². The molecule has 0 amide bonds. The maximum absolute atomic E-state index is 4.82. The minimum Gasteiger partial charge on any atom is -0.248 e. The molecule has 1 heterocycles. The molecule has 0 saturated heterocycles. The number of fused-ring (bicyclic) bond motifs is 1. The van der Waals surface area contributed by atoms with Crippen molar-refractivity contribution < 1.29 is 0 Å². The molecule has 0 spiro atoms. The highest BCUT2D eigenvalue weighted by Crippen LogP contribution is 2.25. The SMILES string of the molecule is Cc1cc2ccccc2nc1C1=CCCCC=C1. The van der Waals surface area contributed by atoms with Crippen LogP contribution in [0, 0.1) is 6.92 Å². The van der Waals surface area contributed by atoms with Crippen molar-refractivity contribution in [2.45, 2.75) is 26.2 Å². The summed E-state index contributed by atoms with van der Waals surface area (Å²) in [5.41, 5.74) is 4.74. The Balaban J connectivity index is 2.16. The average Bonchev–Trinajstić information content (AvgIpc) is 2.66. The Morgan fingerprint density at radius 3 is 2.94 bits per heavy atom. The fraction of sp³-hybridized carbons (Fsp3) is 0.235. The number of benzene rings is 1. The van der Waals surface area contributed by atoms with Crippen LogP contribution in [-0.2, 0) is 0 Å². The summed E-state index contributed by atoms with van der Waals surface area (Å²) in [5, 5.41) is 1.22. The summed E-state index contributed by atoms with van der Waals surface area (Å²) in [5.74, 6) is 0. The molecule has 0 aliphatic heterocycles. The summed E-state index contributed by atoms with van der Waals surface area (Å²) in [6.45, 7) is 2.15. The molecule has 0 atom stereocenters. The largest absolute Gasteiger partial charge is 0.248 e. The van der Waals surface area contributed by atoms with Crippen molar-refractivity contribution >= 4 is 16.5 Å². The van der Waals surface area contributed by atoms with Gasteiger partial charge in [0.15, 0.2) is 0 Å². The lowest BCUT2D eigenvalue weighted by molar-refractivity contribution is 0.876. The predicted molar refractivity (Wildman–Crippen MR) is 77.4 cm³/mol. The Bertz CT molecular complexity index is 635. The van der Waals surface area contributed by atoms with Crippen LogP contribution in [0.5, 0.6) is 0 Å². The number of pyridine rings is 1. The van der Waals surface area contributed by atoms with Gasteiger partial charge in [0.2, 0.25) is 0 Å². The smallest absolute Gasteiger partial charge is 0.0735 e. The monoisotopic (exact) mass is 235 g/mol. The Kier molecular flexibility index (Phi) is 2.97. The second-order valence-electron chi connectivity index (χ2n) is 4.84. The molecule has 0 fully saturated rings. The van der Waals surface area contributed by atoms with Gasteiger partial charge in [-0.3, -0.25) is 0 Å². The molecule has 1 aromatic heterocycles. The predicted octanol–water partition coefficient (Wildman–Crippen LogP) is 4.67. The van der Waals surface area contributed by atoms with Crippen LogP contribution in [-0.4, -0.2) is 4.98 Å². The third-order valence-electron chi connectivity index (χ3n) is 3.42. The van der Waals surface area contributed by atoms with Crippen LogP contribution in [0.25, 0.3) is 16.5 Å². The Morgan fingerprint density at radius 1 is 1.11 bits per heavy atom. The van der Waals surface area contributed by atoms with Gasteiger partial charge in [0.1, 0.15) is 0 Å². The van der Waals surface area contributed by atoms with Gasteiger partial charge in [-0.25, -0.2) is 4.98 Å². The molecule has 1 aliphatic carbocycles. The van der Waals surface area contributed by atoms with Gasteiger partial charge >= 0.3 is 0 Å². The Morgan fingerprint density at radius 2 is 2.00 bits per heavy atom. The molecule has 1 nitrogen and oxygen atoms in total. The van der Waals surface area contributed by atoms with E-state index >= 15 is 0 Å². The molecule has 0 N–H and O–H groups in total. The van der Waals surface area contributed by atoms with Crippen molar-refractivity contribution in [2.75, 3.05) is 0 Å². The topological polar surface area (TPSA) is 12.9 Å².